The van der Waals surface area contributed by atoms with Crippen molar-refractivity contribution in [3.8, 4) is 0 Å². The smallest absolute Gasteiger partial charge is 0.240 e. The lowest BCUT2D eigenvalue weighted by Crippen LogP contribution is -2.26. The van der Waals surface area contributed by atoms with Crippen molar-refractivity contribution in [2.45, 2.75) is 95.3 Å². The van der Waals surface area contributed by atoms with Gasteiger partial charge in [-0.15, -0.1) is 0 Å². The van der Waals surface area contributed by atoms with Gasteiger partial charge in [0.1, 0.15) is 0 Å². The molecule has 6 heteroatoms. The lowest BCUT2D eigenvalue weighted by molar-refractivity contribution is -0.116. The first-order chi connectivity index (χ1) is 16.5. The Morgan fingerprint density at radius 3 is 1.88 bits per heavy atom. The maximum atomic E-state index is 12.5. The van der Waals surface area contributed by atoms with E-state index in [1.165, 1.54) is 69.9 Å². The molecule has 0 aromatic heterocycles. The molecule has 0 radical (unpaired) electrons. The number of carbonyl (C=O) groups excluding carboxylic acids is 1. The predicted octanol–water partition coefficient (Wildman–Crippen LogP) is 6.85. The molecule has 0 aliphatic rings. The van der Waals surface area contributed by atoms with Crippen LogP contribution in [0.2, 0.25) is 0 Å². The normalized spacial score (nSPS) is 11.4. The van der Waals surface area contributed by atoms with Gasteiger partial charge in [-0.1, -0.05) is 101 Å². The Balaban J connectivity index is 1.59. The van der Waals surface area contributed by atoms with Crippen molar-refractivity contribution in [2.24, 2.45) is 0 Å². The van der Waals surface area contributed by atoms with Gasteiger partial charge in [-0.05, 0) is 42.7 Å². The van der Waals surface area contributed by atoms with E-state index in [2.05, 4.69) is 17.0 Å². The molecule has 34 heavy (non-hydrogen) atoms. The Kier molecular flexibility index (Phi) is 13.6. The van der Waals surface area contributed by atoms with Crippen molar-refractivity contribution in [1.29, 1.82) is 0 Å². The Labute approximate surface area is 206 Å². The van der Waals surface area contributed by atoms with Crippen LogP contribution in [0.3, 0.4) is 0 Å². The van der Waals surface area contributed by atoms with E-state index in [9.17, 15) is 13.2 Å². The largest absolute Gasteiger partial charge is 0.326 e. The van der Waals surface area contributed by atoms with Crippen LogP contribution in [0.4, 0.5) is 5.69 Å². The van der Waals surface area contributed by atoms with E-state index in [1.54, 1.807) is 12.1 Å². The number of unbranched alkanes of at least 4 members (excludes halogenated alkanes) is 10. The first kappa shape index (κ1) is 28.1. The fourth-order valence-corrected chi connectivity index (χ4v) is 4.98. The molecule has 0 unspecified atom stereocenters. The van der Waals surface area contributed by atoms with Crippen LogP contribution in [0.15, 0.2) is 59.5 Å². The zero-order valence-corrected chi connectivity index (χ0v) is 21.5. The third-order valence-electron chi connectivity index (χ3n) is 6.00. The summed E-state index contributed by atoms with van der Waals surface area (Å²) < 4.78 is 27.6. The fraction of sp³-hybridized carbons (Fsp3) is 0.536. The summed E-state index contributed by atoms with van der Waals surface area (Å²) in [5.41, 5.74) is 1.71. The number of nitrogens with one attached hydrogen (secondary N) is 2. The third-order valence-corrected chi connectivity index (χ3v) is 7.48. The van der Waals surface area contributed by atoms with Gasteiger partial charge in [-0.25, -0.2) is 13.1 Å². The SMILES string of the molecule is CCCCCCCCCCCCCC(=O)Nc1ccc(S(=O)(=O)NCCc2ccccc2)cc1. The van der Waals surface area contributed by atoms with Crippen LogP contribution in [-0.4, -0.2) is 20.9 Å². The molecule has 1 amide bonds. The minimum absolute atomic E-state index is 0.0208. The second-order valence-electron chi connectivity index (χ2n) is 8.99. The maximum Gasteiger partial charge on any atom is 0.240 e. The fourth-order valence-electron chi connectivity index (χ4n) is 3.95. The highest BCUT2D eigenvalue weighted by atomic mass is 32.2. The Hall–Kier alpha value is -2.18. The number of amides is 1. The summed E-state index contributed by atoms with van der Waals surface area (Å²) in [6, 6.07) is 16.1. The van der Waals surface area contributed by atoms with Crippen LogP contribution in [0.5, 0.6) is 0 Å². The first-order valence-corrected chi connectivity index (χ1v) is 14.4. The molecule has 0 saturated carbocycles. The van der Waals surface area contributed by atoms with Gasteiger partial charge in [-0.3, -0.25) is 4.79 Å². The minimum Gasteiger partial charge on any atom is -0.326 e. The molecule has 0 saturated heterocycles. The number of hydrogen-bond acceptors (Lipinski definition) is 3. The number of hydrogen-bond donors (Lipinski definition) is 2. The molecule has 0 atom stereocenters. The van der Waals surface area contributed by atoms with Gasteiger partial charge in [0.2, 0.25) is 15.9 Å². The summed E-state index contributed by atoms with van der Waals surface area (Å²) in [5.74, 6) is -0.0208. The van der Waals surface area contributed by atoms with E-state index in [0.29, 0.717) is 25.1 Å². The molecular formula is C28H42N2O3S. The van der Waals surface area contributed by atoms with Gasteiger partial charge < -0.3 is 5.32 Å². The van der Waals surface area contributed by atoms with Crippen molar-refractivity contribution >= 4 is 21.6 Å². The van der Waals surface area contributed by atoms with Gasteiger partial charge in [0.25, 0.3) is 0 Å². The highest BCUT2D eigenvalue weighted by Gasteiger charge is 2.13. The lowest BCUT2D eigenvalue weighted by atomic mass is 10.1. The average Bonchev–Trinajstić information content (AvgIpc) is 2.83. The second kappa shape index (κ2) is 16.4. The lowest BCUT2D eigenvalue weighted by Gasteiger charge is -2.09. The number of anilines is 1. The molecular weight excluding hydrogens is 444 g/mol. The average molecular weight is 487 g/mol. The highest BCUT2D eigenvalue weighted by molar-refractivity contribution is 7.89. The first-order valence-electron chi connectivity index (χ1n) is 12.9. The van der Waals surface area contributed by atoms with Gasteiger partial charge >= 0.3 is 0 Å². The number of rotatable bonds is 18. The summed E-state index contributed by atoms with van der Waals surface area (Å²) >= 11 is 0. The molecule has 0 spiro atoms. The van der Waals surface area contributed by atoms with Crippen molar-refractivity contribution in [3.05, 3.63) is 60.2 Å². The van der Waals surface area contributed by atoms with Crippen LogP contribution in [0.1, 0.15) is 89.5 Å². The molecule has 0 aliphatic heterocycles. The molecule has 2 aromatic carbocycles. The minimum atomic E-state index is -3.57. The van der Waals surface area contributed by atoms with E-state index in [1.807, 2.05) is 30.3 Å². The van der Waals surface area contributed by atoms with Crippen LogP contribution in [0, 0.1) is 0 Å². The van der Waals surface area contributed by atoms with Gasteiger partial charge in [0.05, 0.1) is 4.90 Å². The molecule has 2 N–H and O–H groups in total. The predicted molar refractivity (Wildman–Crippen MR) is 141 cm³/mol. The Morgan fingerprint density at radius 2 is 1.29 bits per heavy atom. The topological polar surface area (TPSA) is 75.3 Å². The van der Waals surface area contributed by atoms with Gasteiger partial charge in [-0.2, -0.15) is 0 Å². The van der Waals surface area contributed by atoms with Crippen molar-refractivity contribution in [2.75, 3.05) is 11.9 Å². The summed E-state index contributed by atoms with van der Waals surface area (Å²) in [6.07, 6.45) is 14.9. The zero-order chi connectivity index (χ0) is 24.5. The van der Waals surface area contributed by atoms with E-state index >= 15 is 0 Å². The molecule has 0 aliphatic carbocycles. The molecule has 0 fully saturated rings. The number of carbonyl (C=O) groups is 1. The van der Waals surface area contributed by atoms with Crippen LogP contribution >= 0.6 is 0 Å². The van der Waals surface area contributed by atoms with E-state index < -0.39 is 10.0 Å². The quantitative estimate of drug-likeness (QED) is 0.226. The molecule has 2 aromatic rings. The molecule has 5 nitrogen and oxygen atoms in total. The third kappa shape index (κ3) is 11.8. The Bertz CT molecular complexity index is 912. The van der Waals surface area contributed by atoms with Gasteiger partial charge in [0.15, 0.2) is 0 Å². The summed E-state index contributed by atoms with van der Waals surface area (Å²) in [5, 5.41) is 2.87. The summed E-state index contributed by atoms with van der Waals surface area (Å²) in [7, 11) is -3.57. The number of sulfonamides is 1. The van der Waals surface area contributed by atoms with E-state index in [4.69, 9.17) is 0 Å². The van der Waals surface area contributed by atoms with Crippen LogP contribution in [-0.2, 0) is 21.2 Å². The van der Waals surface area contributed by atoms with E-state index in [0.717, 1.165) is 18.4 Å². The zero-order valence-electron chi connectivity index (χ0n) is 20.7. The molecule has 188 valence electrons. The maximum absolute atomic E-state index is 12.5. The van der Waals surface area contributed by atoms with Gasteiger partial charge in [0, 0.05) is 18.7 Å². The molecule has 2 rings (SSSR count). The van der Waals surface area contributed by atoms with Crippen molar-refractivity contribution in [1.82, 2.24) is 4.72 Å². The summed E-state index contributed by atoms with van der Waals surface area (Å²) in [6.45, 7) is 2.58. The molecule has 0 bridgehead atoms. The standard InChI is InChI=1S/C28H42N2O3S/c1-2-3-4-5-6-7-8-9-10-11-15-18-28(31)30-26-19-21-27(22-20-26)34(32,33)29-24-23-25-16-13-12-14-17-25/h12-14,16-17,19-22,29H,2-11,15,18,23-24H2,1H3,(H,30,31). The molecule has 0 heterocycles. The second-order valence-corrected chi connectivity index (χ2v) is 10.8. The highest BCUT2D eigenvalue weighted by Crippen LogP contribution is 2.16. The monoisotopic (exact) mass is 486 g/mol. The summed E-state index contributed by atoms with van der Waals surface area (Å²) in [4.78, 5) is 12.4. The van der Waals surface area contributed by atoms with Crippen LogP contribution in [0.25, 0.3) is 0 Å². The van der Waals surface area contributed by atoms with Crippen molar-refractivity contribution < 1.29 is 13.2 Å². The van der Waals surface area contributed by atoms with E-state index in [-0.39, 0.29) is 10.8 Å². The van der Waals surface area contributed by atoms with Crippen LogP contribution < -0.4 is 10.0 Å². The Morgan fingerprint density at radius 1 is 0.735 bits per heavy atom. The number of benzene rings is 2. The van der Waals surface area contributed by atoms with Crippen molar-refractivity contribution in [3.63, 3.8) is 0 Å².